The SMILES string of the molecule is Fc1ccc(C2NNCC2CN2CCN(c3cc(Cl)cc(Cl)c3)CC2)cc1. The van der Waals surface area contributed by atoms with Gasteiger partial charge in [-0.05, 0) is 35.9 Å². The first-order valence-corrected chi connectivity index (χ1v) is 10.0. The third kappa shape index (κ3) is 4.55. The monoisotopic (exact) mass is 408 g/mol. The van der Waals surface area contributed by atoms with Gasteiger partial charge in [-0.2, -0.15) is 0 Å². The van der Waals surface area contributed by atoms with Crippen LogP contribution >= 0.6 is 23.2 Å². The normalized spacial score (nSPS) is 23.7. The van der Waals surface area contributed by atoms with Crippen molar-refractivity contribution >= 4 is 28.9 Å². The number of hydrogen-bond acceptors (Lipinski definition) is 4. The Hall–Kier alpha value is -1.37. The summed E-state index contributed by atoms with van der Waals surface area (Å²) >= 11 is 12.3. The van der Waals surface area contributed by atoms with E-state index in [-0.39, 0.29) is 11.9 Å². The summed E-state index contributed by atoms with van der Waals surface area (Å²) in [5.74, 6) is 0.251. The Bertz CT molecular complexity index is 758. The summed E-state index contributed by atoms with van der Waals surface area (Å²) in [5.41, 5.74) is 8.81. The zero-order valence-corrected chi connectivity index (χ0v) is 16.5. The van der Waals surface area contributed by atoms with Gasteiger partial charge in [0.2, 0.25) is 0 Å². The van der Waals surface area contributed by atoms with Crippen molar-refractivity contribution in [3.8, 4) is 0 Å². The van der Waals surface area contributed by atoms with Gasteiger partial charge in [0.25, 0.3) is 0 Å². The molecule has 0 saturated carbocycles. The van der Waals surface area contributed by atoms with Gasteiger partial charge in [-0.25, -0.2) is 9.82 Å². The van der Waals surface area contributed by atoms with E-state index in [9.17, 15) is 4.39 Å². The van der Waals surface area contributed by atoms with Crippen LogP contribution in [0, 0.1) is 11.7 Å². The van der Waals surface area contributed by atoms with E-state index in [0.717, 1.165) is 50.5 Å². The molecule has 4 nitrogen and oxygen atoms in total. The van der Waals surface area contributed by atoms with Crippen molar-refractivity contribution in [1.29, 1.82) is 0 Å². The van der Waals surface area contributed by atoms with Crippen LogP contribution in [0.4, 0.5) is 10.1 Å². The van der Waals surface area contributed by atoms with Crippen LogP contribution in [0.2, 0.25) is 10.0 Å². The number of benzene rings is 2. The molecule has 7 heteroatoms. The lowest BCUT2D eigenvalue weighted by Crippen LogP contribution is -2.48. The fourth-order valence-electron chi connectivity index (χ4n) is 3.97. The smallest absolute Gasteiger partial charge is 0.123 e. The van der Waals surface area contributed by atoms with Gasteiger partial charge in [0, 0.05) is 60.9 Å². The van der Waals surface area contributed by atoms with Gasteiger partial charge in [0.05, 0.1) is 6.04 Å². The first-order valence-electron chi connectivity index (χ1n) is 9.26. The molecular formula is C20H23Cl2FN4. The number of nitrogens with one attached hydrogen (secondary N) is 2. The van der Waals surface area contributed by atoms with Gasteiger partial charge >= 0.3 is 0 Å². The summed E-state index contributed by atoms with van der Waals surface area (Å²) in [6, 6.07) is 12.7. The lowest BCUT2D eigenvalue weighted by atomic mass is 9.94. The molecule has 0 amide bonds. The Labute approximate surface area is 169 Å². The molecule has 0 bridgehead atoms. The van der Waals surface area contributed by atoms with Crippen molar-refractivity contribution < 1.29 is 4.39 Å². The van der Waals surface area contributed by atoms with Crippen LogP contribution in [0.15, 0.2) is 42.5 Å². The number of nitrogens with zero attached hydrogens (tertiary/aromatic N) is 2. The van der Waals surface area contributed by atoms with Gasteiger partial charge in [-0.15, -0.1) is 0 Å². The summed E-state index contributed by atoms with van der Waals surface area (Å²) < 4.78 is 13.2. The zero-order chi connectivity index (χ0) is 18.8. The Morgan fingerprint density at radius 1 is 0.963 bits per heavy atom. The number of halogens is 3. The van der Waals surface area contributed by atoms with Crippen LogP contribution in [-0.4, -0.2) is 44.2 Å². The minimum atomic E-state index is -0.196. The lowest BCUT2D eigenvalue weighted by molar-refractivity contribution is 0.214. The molecule has 0 aromatic heterocycles. The standard InChI is InChI=1S/C20H23Cl2FN4/c21-16-9-17(22)11-19(10-16)27-7-5-26(6-8-27)13-15-12-24-25-20(15)14-1-3-18(23)4-2-14/h1-4,9-11,15,20,24-25H,5-8,12-13H2. The fourth-order valence-corrected chi connectivity index (χ4v) is 4.49. The number of anilines is 1. The molecule has 4 rings (SSSR count). The van der Waals surface area contributed by atoms with Gasteiger partial charge < -0.3 is 4.90 Å². The Balaban J connectivity index is 1.35. The second-order valence-electron chi connectivity index (χ2n) is 7.23. The molecule has 2 heterocycles. The Kier molecular flexibility index (Phi) is 5.85. The maximum atomic E-state index is 13.2. The van der Waals surface area contributed by atoms with Crippen LogP contribution in [-0.2, 0) is 0 Å². The summed E-state index contributed by atoms with van der Waals surface area (Å²) in [4.78, 5) is 4.83. The molecule has 2 N–H and O–H groups in total. The predicted molar refractivity (Wildman–Crippen MR) is 109 cm³/mol. The first kappa shape index (κ1) is 19.0. The molecule has 2 aliphatic heterocycles. The number of rotatable bonds is 4. The molecule has 144 valence electrons. The Morgan fingerprint density at radius 2 is 1.63 bits per heavy atom. The second-order valence-corrected chi connectivity index (χ2v) is 8.10. The van der Waals surface area contributed by atoms with Crippen molar-refractivity contribution in [3.63, 3.8) is 0 Å². The van der Waals surface area contributed by atoms with Gasteiger partial charge in [0.1, 0.15) is 5.82 Å². The second kappa shape index (κ2) is 8.33. The summed E-state index contributed by atoms with van der Waals surface area (Å²) in [7, 11) is 0. The molecule has 2 aromatic carbocycles. The topological polar surface area (TPSA) is 30.5 Å². The van der Waals surface area contributed by atoms with Gasteiger partial charge in [-0.3, -0.25) is 10.3 Å². The molecule has 2 aromatic rings. The number of hydrogen-bond donors (Lipinski definition) is 2. The molecule has 0 radical (unpaired) electrons. The maximum absolute atomic E-state index is 13.2. The third-order valence-corrected chi connectivity index (χ3v) is 5.84. The quantitative estimate of drug-likeness (QED) is 0.806. The minimum absolute atomic E-state index is 0.196. The highest BCUT2D eigenvalue weighted by atomic mass is 35.5. The average molecular weight is 409 g/mol. The summed E-state index contributed by atoms with van der Waals surface area (Å²) in [6.07, 6.45) is 0. The van der Waals surface area contributed by atoms with Crippen LogP contribution in [0.3, 0.4) is 0 Å². The largest absolute Gasteiger partial charge is 0.369 e. The first-order chi connectivity index (χ1) is 13.1. The van der Waals surface area contributed by atoms with E-state index in [1.54, 1.807) is 6.07 Å². The molecule has 2 unspecified atom stereocenters. The molecule has 0 aliphatic carbocycles. The molecular weight excluding hydrogens is 386 g/mol. The van der Waals surface area contributed by atoms with E-state index in [0.29, 0.717) is 16.0 Å². The van der Waals surface area contributed by atoms with E-state index in [4.69, 9.17) is 23.2 Å². The van der Waals surface area contributed by atoms with Gasteiger partial charge in [0.15, 0.2) is 0 Å². The highest BCUT2D eigenvalue weighted by Gasteiger charge is 2.30. The lowest BCUT2D eigenvalue weighted by Gasteiger charge is -2.37. The molecule has 2 atom stereocenters. The summed E-state index contributed by atoms with van der Waals surface area (Å²) in [6.45, 7) is 5.81. The number of piperazine rings is 1. The van der Waals surface area contributed by atoms with Crippen molar-refractivity contribution in [3.05, 3.63) is 63.9 Å². The van der Waals surface area contributed by atoms with E-state index in [1.807, 2.05) is 24.3 Å². The van der Waals surface area contributed by atoms with E-state index >= 15 is 0 Å². The molecule has 27 heavy (non-hydrogen) atoms. The zero-order valence-electron chi connectivity index (χ0n) is 15.0. The van der Waals surface area contributed by atoms with Crippen LogP contribution in [0.25, 0.3) is 0 Å². The minimum Gasteiger partial charge on any atom is -0.369 e. The van der Waals surface area contributed by atoms with Gasteiger partial charge in [-0.1, -0.05) is 35.3 Å². The molecule has 2 fully saturated rings. The third-order valence-electron chi connectivity index (χ3n) is 5.40. The molecule has 2 aliphatic rings. The highest BCUT2D eigenvalue weighted by molar-refractivity contribution is 6.35. The van der Waals surface area contributed by atoms with E-state index in [1.165, 1.54) is 12.1 Å². The highest BCUT2D eigenvalue weighted by Crippen LogP contribution is 2.28. The fraction of sp³-hybridized carbons (Fsp3) is 0.400. The number of hydrazine groups is 1. The molecule has 2 saturated heterocycles. The molecule has 0 spiro atoms. The predicted octanol–water partition coefficient (Wildman–Crippen LogP) is 3.72. The maximum Gasteiger partial charge on any atom is 0.123 e. The van der Waals surface area contributed by atoms with E-state index in [2.05, 4.69) is 20.7 Å². The average Bonchev–Trinajstić information content (AvgIpc) is 3.10. The Morgan fingerprint density at radius 3 is 2.30 bits per heavy atom. The summed E-state index contributed by atoms with van der Waals surface area (Å²) in [5, 5.41) is 1.34. The van der Waals surface area contributed by atoms with Crippen molar-refractivity contribution in [2.75, 3.05) is 44.2 Å². The van der Waals surface area contributed by atoms with Crippen molar-refractivity contribution in [2.45, 2.75) is 6.04 Å². The van der Waals surface area contributed by atoms with E-state index < -0.39 is 0 Å². The van der Waals surface area contributed by atoms with Crippen LogP contribution in [0.1, 0.15) is 11.6 Å². The van der Waals surface area contributed by atoms with Crippen molar-refractivity contribution in [1.82, 2.24) is 15.8 Å². The van der Waals surface area contributed by atoms with Crippen molar-refractivity contribution in [2.24, 2.45) is 5.92 Å². The van der Waals surface area contributed by atoms with Crippen LogP contribution < -0.4 is 15.8 Å². The van der Waals surface area contributed by atoms with Crippen LogP contribution in [0.5, 0.6) is 0 Å².